The zero-order valence-corrected chi connectivity index (χ0v) is 12.8. The van der Waals surface area contributed by atoms with E-state index in [0.717, 1.165) is 11.0 Å². The Morgan fingerprint density at radius 2 is 1.89 bits per heavy atom. The van der Waals surface area contributed by atoms with Crippen LogP contribution in [0.4, 0.5) is 0 Å². The van der Waals surface area contributed by atoms with Gasteiger partial charge < -0.3 is 5.32 Å². The zero-order chi connectivity index (χ0) is 12.6. The van der Waals surface area contributed by atoms with Gasteiger partial charge in [0, 0.05) is 26.2 Å². The maximum atomic E-state index is 3.48. The van der Waals surface area contributed by atoms with Crippen LogP contribution in [0, 0.1) is 0 Å². The normalized spacial score (nSPS) is 16.8. The van der Waals surface area contributed by atoms with Crippen molar-refractivity contribution in [2.24, 2.45) is 0 Å². The molecule has 0 bridgehead atoms. The van der Waals surface area contributed by atoms with Gasteiger partial charge in [0.15, 0.2) is 0 Å². The van der Waals surface area contributed by atoms with Crippen LogP contribution >= 0.6 is 27.3 Å². The summed E-state index contributed by atoms with van der Waals surface area (Å²) in [5.74, 6) is 0. The van der Waals surface area contributed by atoms with E-state index < -0.39 is 0 Å². The van der Waals surface area contributed by atoms with Crippen molar-refractivity contribution in [1.29, 1.82) is 0 Å². The summed E-state index contributed by atoms with van der Waals surface area (Å²) in [6, 6.07) is 13.1. The van der Waals surface area contributed by atoms with Crippen molar-refractivity contribution < 1.29 is 0 Å². The maximum absolute atomic E-state index is 3.48. The maximum Gasteiger partial charge on any atom is 0.0345 e. The monoisotopic (exact) mass is 321 g/mol. The molecule has 1 heterocycles. The molecule has 94 valence electrons. The Bertz CT molecular complexity index is 540. The molecule has 0 unspecified atom stereocenters. The molecule has 0 radical (unpaired) electrons. The van der Waals surface area contributed by atoms with Crippen molar-refractivity contribution >= 4 is 27.3 Å². The van der Waals surface area contributed by atoms with Gasteiger partial charge in [-0.3, -0.25) is 0 Å². The van der Waals surface area contributed by atoms with E-state index in [0.29, 0.717) is 5.41 Å². The van der Waals surface area contributed by atoms with Crippen molar-refractivity contribution in [2.75, 3.05) is 13.6 Å². The lowest BCUT2D eigenvalue weighted by molar-refractivity contribution is 0.634. The molecule has 18 heavy (non-hydrogen) atoms. The third kappa shape index (κ3) is 2.27. The van der Waals surface area contributed by atoms with Crippen LogP contribution < -0.4 is 5.32 Å². The average Bonchev–Trinajstić information content (AvgIpc) is 2.99. The number of thiophene rings is 1. The van der Waals surface area contributed by atoms with Crippen LogP contribution in [0.1, 0.15) is 17.7 Å². The highest BCUT2D eigenvalue weighted by Crippen LogP contribution is 2.51. The van der Waals surface area contributed by atoms with Gasteiger partial charge in [0.05, 0.1) is 0 Å². The molecule has 1 aliphatic carbocycles. The fraction of sp³-hybridized carbons (Fsp3) is 0.333. The standard InChI is InChI=1S/C15H16BrNS/c1-17-10-15(8-9-15)14-7-6-13(18-14)11-2-4-12(16)5-3-11/h2-7,17H,8-10H2,1H3. The van der Waals surface area contributed by atoms with Crippen molar-refractivity contribution in [3.63, 3.8) is 0 Å². The summed E-state index contributed by atoms with van der Waals surface area (Å²) >= 11 is 5.43. The van der Waals surface area contributed by atoms with Crippen molar-refractivity contribution in [2.45, 2.75) is 18.3 Å². The number of hydrogen-bond acceptors (Lipinski definition) is 2. The summed E-state index contributed by atoms with van der Waals surface area (Å²) in [7, 11) is 2.04. The molecular formula is C15H16BrNS. The Morgan fingerprint density at radius 1 is 1.17 bits per heavy atom. The first-order chi connectivity index (χ1) is 8.73. The second-order valence-corrected chi connectivity index (χ2v) is 6.98. The number of rotatable bonds is 4. The third-order valence-corrected chi connectivity index (χ3v) is 5.54. The molecule has 3 heteroatoms. The van der Waals surface area contributed by atoms with Gasteiger partial charge in [-0.05, 0) is 49.7 Å². The van der Waals surface area contributed by atoms with Gasteiger partial charge >= 0.3 is 0 Å². The Hall–Kier alpha value is -0.640. The molecule has 0 atom stereocenters. The Kier molecular flexibility index (Phi) is 3.31. The molecule has 1 aromatic carbocycles. The van der Waals surface area contributed by atoms with Gasteiger partial charge in [0.2, 0.25) is 0 Å². The minimum atomic E-state index is 0.438. The van der Waals surface area contributed by atoms with E-state index in [1.807, 2.05) is 18.4 Å². The van der Waals surface area contributed by atoms with Crippen LogP contribution in [0.3, 0.4) is 0 Å². The topological polar surface area (TPSA) is 12.0 Å². The molecule has 0 spiro atoms. The molecular weight excluding hydrogens is 306 g/mol. The number of nitrogens with one attached hydrogen (secondary N) is 1. The smallest absolute Gasteiger partial charge is 0.0345 e. The summed E-state index contributed by atoms with van der Waals surface area (Å²) in [6.07, 6.45) is 2.66. The summed E-state index contributed by atoms with van der Waals surface area (Å²) in [5, 5.41) is 3.33. The van der Waals surface area contributed by atoms with Gasteiger partial charge in [-0.25, -0.2) is 0 Å². The fourth-order valence-electron chi connectivity index (χ4n) is 2.39. The fourth-order valence-corrected chi connectivity index (χ4v) is 3.91. The van der Waals surface area contributed by atoms with Crippen LogP contribution in [0.25, 0.3) is 10.4 Å². The van der Waals surface area contributed by atoms with Crippen molar-refractivity contribution in [3.8, 4) is 10.4 Å². The molecule has 2 aromatic rings. The predicted octanol–water partition coefficient (Wildman–Crippen LogP) is 4.43. The lowest BCUT2D eigenvalue weighted by Gasteiger charge is -2.11. The van der Waals surface area contributed by atoms with Crippen LogP contribution in [0.15, 0.2) is 40.9 Å². The second-order valence-electron chi connectivity index (χ2n) is 4.98. The van der Waals surface area contributed by atoms with E-state index in [1.54, 1.807) is 0 Å². The first-order valence-electron chi connectivity index (χ1n) is 6.24. The minimum Gasteiger partial charge on any atom is -0.319 e. The van der Waals surface area contributed by atoms with Crippen molar-refractivity contribution in [3.05, 3.63) is 45.7 Å². The molecule has 1 saturated carbocycles. The lowest BCUT2D eigenvalue weighted by Crippen LogP contribution is -2.22. The summed E-state index contributed by atoms with van der Waals surface area (Å²) < 4.78 is 1.14. The molecule has 3 rings (SSSR count). The third-order valence-electron chi connectivity index (χ3n) is 3.63. The van der Waals surface area contributed by atoms with E-state index in [2.05, 4.69) is 57.6 Å². The van der Waals surface area contributed by atoms with E-state index in [1.165, 1.54) is 28.2 Å². The van der Waals surface area contributed by atoms with E-state index >= 15 is 0 Å². The zero-order valence-electron chi connectivity index (χ0n) is 10.4. The number of halogens is 1. The van der Waals surface area contributed by atoms with E-state index in [-0.39, 0.29) is 0 Å². The highest BCUT2D eigenvalue weighted by Gasteiger charge is 2.44. The molecule has 0 saturated heterocycles. The van der Waals surface area contributed by atoms with Gasteiger partial charge in [-0.1, -0.05) is 28.1 Å². The molecule has 1 fully saturated rings. The molecule has 0 amide bonds. The molecule has 0 aliphatic heterocycles. The number of likely N-dealkylation sites (N-methyl/N-ethyl adjacent to an activating group) is 1. The summed E-state index contributed by atoms with van der Waals surface area (Å²) in [5.41, 5.74) is 1.75. The number of hydrogen-bond donors (Lipinski definition) is 1. The molecule has 1 aromatic heterocycles. The van der Waals surface area contributed by atoms with Gasteiger partial charge in [0.1, 0.15) is 0 Å². The lowest BCUT2D eigenvalue weighted by atomic mass is 10.1. The highest BCUT2D eigenvalue weighted by molar-refractivity contribution is 9.10. The van der Waals surface area contributed by atoms with Gasteiger partial charge in [-0.15, -0.1) is 11.3 Å². The SMILES string of the molecule is CNCC1(c2ccc(-c3ccc(Br)cc3)s2)CC1. The van der Waals surface area contributed by atoms with Crippen LogP contribution in [0.5, 0.6) is 0 Å². The van der Waals surface area contributed by atoms with Gasteiger partial charge in [0.25, 0.3) is 0 Å². The second kappa shape index (κ2) is 4.80. The van der Waals surface area contributed by atoms with Crippen LogP contribution in [0.2, 0.25) is 0 Å². The Balaban J connectivity index is 1.88. The highest BCUT2D eigenvalue weighted by atomic mass is 79.9. The summed E-state index contributed by atoms with van der Waals surface area (Å²) in [6.45, 7) is 1.10. The summed E-state index contributed by atoms with van der Waals surface area (Å²) in [4.78, 5) is 2.91. The van der Waals surface area contributed by atoms with Crippen LogP contribution in [-0.4, -0.2) is 13.6 Å². The Labute approximate surface area is 120 Å². The van der Waals surface area contributed by atoms with Crippen molar-refractivity contribution in [1.82, 2.24) is 5.32 Å². The van der Waals surface area contributed by atoms with Crippen LogP contribution in [-0.2, 0) is 5.41 Å². The average molecular weight is 322 g/mol. The van der Waals surface area contributed by atoms with E-state index in [4.69, 9.17) is 0 Å². The Morgan fingerprint density at radius 3 is 2.50 bits per heavy atom. The molecule has 1 aliphatic rings. The first-order valence-corrected chi connectivity index (χ1v) is 7.85. The largest absolute Gasteiger partial charge is 0.319 e. The number of benzene rings is 1. The minimum absolute atomic E-state index is 0.438. The molecule has 1 N–H and O–H groups in total. The van der Waals surface area contributed by atoms with E-state index in [9.17, 15) is 0 Å². The first kappa shape index (κ1) is 12.4. The predicted molar refractivity (Wildman–Crippen MR) is 82.3 cm³/mol. The molecule has 1 nitrogen and oxygen atoms in total. The van der Waals surface area contributed by atoms with Gasteiger partial charge in [-0.2, -0.15) is 0 Å². The quantitative estimate of drug-likeness (QED) is 0.878.